The van der Waals surface area contributed by atoms with E-state index < -0.39 is 0 Å². The van der Waals surface area contributed by atoms with E-state index in [4.69, 9.17) is 0 Å². The molecule has 8 heteroatoms. The van der Waals surface area contributed by atoms with Gasteiger partial charge in [0, 0.05) is 18.8 Å². The smallest absolute Gasteiger partial charge is 0.255 e. The Bertz CT molecular complexity index is 1180. The zero-order chi connectivity index (χ0) is 24.2. The van der Waals surface area contributed by atoms with Crippen LogP contribution in [0.3, 0.4) is 0 Å². The summed E-state index contributed by atoms with van der Waals surface area (Å²) in [6.07, 6.45) is 7.41. The molecule has 0 spiro atoms. The molecule has 1 amide bonds. The normalized spacial score (nSPS) is 19.1. The highest BCUT2D eigenvalue weighted by Gasteiger charge is 2.26. The van der Waals surface area contributed by atoms with Gasteiger partial charge in [0.05, 0.1) is 34.9 Å². The van der Waals surface area contributed by atoms with Crippen LogP contribution < -0.4 is 10.6 Å². The molecule has 1 fully saturated rings. The molecule has 4 rings (SSSR count). The Kier molecular flexibility index (Phi) is 7.24. The van der Waals surface area contributed by atoms with Crippen molar-refractivity contribution >= 4 is 22.6 Å². The number of aromatic nitrogens is 3. The van der Waals surface area contributed by atoms with Gasteiger partial charge in [0.2, 0.25) is 0 Å². The molecule has 8 nitrogen and oxygen atoms in total. The van der Waals surface area contributed by atoms with Gasteiger partial charge in [-0.15, -0.1) is 0 Å². The van der Waals surface area contributed by atoms with Gasteiger partial charge < -0.3 is 10.6 Å². The Morgan fingerprint density at radius 3 is 2.56 bits per heavy atom. The second-order valence-electron chi connectivity index (χ2n) is 9.28. The molecule has 1 unspecified atom stereocenters. The van der Waals surface area contributed by atoms with E-state index in [-0.39, 0.29) is 24.0 Å². The molecule has 1 saturated carbocycles. The standard InChI is InChI=1S/C26H34N6O2/c1-5-23(18-8-7-16(3)17(4)13-18)30-26(33)22-14-27-25-21(15-28-32(25)6-2)24(22)29-19-9-11-20(31-34)12-10-19/h7-8,13-15,19-20,23H,5-6,9-12H2,1-4H3,(H,27,29)(H,30,33). The van der Waals surface area contributed by atoms with Crippen LogP contribution in [0.5, 0.6) is 0 Å². The number of aryl methyl sites for hydroxylation is 3. The van der Waals surface area contributed by atoms with Gasteiger partial charge in [0.15, 0.2) is 5.65 Å². The third kappa shape index (κ3) is 4.81. The van der Waals surface area contributed by atoms with E-state index in [0.29, 0.717) is 12.1 Å². The van der Waals surface area contributed by atoms with Crippen LogP contribution >= 0.6 is 0 Å². The minimum atomic E-state index is -0.158. The second-order valence-corrected chi connectivity index (χ2v) is 9.28. The minimum absolute atomic E-state index is 0.0946. The maximum atomic E-state index is 13.5. The Labute approximate surface area is 200 Å². The summed E-state index contributed by atoms with van der Waals surface area (Å²) in [5.41, 5.74) is 5.58. The molecule has 2 heterocycles. The molecule has 1 aromatic carbocycles. The molecule has 0 bridgehead atoms. The van der Waals surface area contributed by atoms with Crippen molar-refractivity contribution in [2.24, 2.45) is 5.18 Å². The van der Waals surface area contributed by atoms with E-state index in [1.165, 1.54) is 11.1 Å². The van der Waals surface area contributed by atoms with E-state index in [0.717, 1.165) is 54.4 Å². The number of pyridine rings is 1. The number of fused-ring (bicyclic) bond motifs is 1. The van der Waals surface area contributed by atoms with Gasteiger partial charge in [-0.1, -0.05) is 30.3 Å². The summed E-state index contributed by atoms with van der Waals surface area (Å²) in [7, 11) is 0. The topological polar surface area (TPSA) is 101 Å². The molecule has 2 N–H and O–H groups in total. The maximum absolute atomic E-state index is 13.5. The van der Waals surface area contributed by atoms with E-state index in [2.05, 4.69) is 64.9 Å². The molecular weight excluding hydrogens is 428 g/mol. The van der Waals surface area contributed by atoms with E-state index >= 15 is 0 Å². The quantitative estimate of drug-likeness (QED) is 0.434. The molecule has 34 heavy (non-hydrogen) atoms. The molecule has 0 saturated heterocycles. The first-order valence-corrected chi connectivity index (χ1v) is 12.3. The van der Waals surface area contributed by atoms with Crippen LogP contribution in [0.1, 0.15) is 79.0 Å². The zero-order valence-corrected chi connectivity index (χ0v) is 20.5. The van der Waals surface area contributed by atoms with Gasteiger partial charge in [-0.2, -0.15) is 10.0 Å². The summed E-state index contributed by atoms with van der Waals surface area (Å²) >= 11 is 0. The number of nitrogens with one attached hydrogen (secondary N) is 2. The van der Waals surface area contributed by atoms with Crippen LogP contribution in [0, 0.1) is 18.8 Å². The lowest BCUT2D eigenvalue weighted by molar-refractivity contribution is 0.0936. The Hall–Kier alpha value is -3.29. The number of benzene rings is 1. The van der Waals surface area contributed by atoms with E-state index in [1.807, 2.05) is 11.6 Å². The number of hydrogen-bond acceptors (Lipinski definition) is 6. The number of nitroso groups, excluding NO2 is 1. The van der Waals surface area contributed by atoms with Crippen molar-refractivity contribution in [3.8, 4) is 0 Å². The van der Waals surface area contributed by atoms with Crippen molar-refractivity contribution in [3.63, 3.8) is 0 Å². The fourth-order valence-corrected chi connectivity index (χ4v) is 4.75. The Balaban J connectivity index is 1.65. The highest BCUT2D eigenvalue weighted by Crippen LogP contribution is 2.31. The fraction of sp³-hybridized carbons (Fsp3) is 0.500. The van der Waals surface area contributed by atoms with Crippen molar-refractivity contribution in [3.05, 3.63) is 57.8 Å². The summed E-state index contributed by atoms with van der Waals surface area (Å²) in [5, 5.41) is 15.3. The van der Waals surface area contributed by atoms with Crippen LogP contribution in [-0.2, 0) is 6.54 Å². The average molecular weight is 463 g/mol. The number of amides is 1. The van der Waals surface area contributed by atoms with Crippen LogP contribution in [0.25, 0.3) is 11.0 Å². The lowest BCUT2D eigenvalue weighted by atomic mass is 9.91. The monoisotopic (exact) mass is 462 g/mol. The minimum Gasteiger partial charge on any atom is -0.381 e. The highest BCUT2D eigenvalue weighted by molar-refractivity contribution is 6.06. The van der Waals surface area contributed by atoms with Gasteiger partial charge in [0.1, 0.15) is 0 Å². The third-order valence-corrected chi connectivity index (χ3v) is 7.05. The predicted molar refractivity (Wildman–Crippen MR) is 135 cm³/mol. The number of anilines is 1. The van der Waals surface area contributed by atoms with Crippen molar-refractivity contribution < 1.29 is 4.79 Å². The second kappa shape index (κ2) is 10.3. The SMILES string of the molecule is CCC(NC(=O)c1cnc2c(cnn2CC)c1NC1CCC(N=O)CC1)c1ccc(C)c(C)c1. The summed E-state index contributed by atoms with van der Waals surface area (Å²) in [4.78, 5) is 29.1. The first-order valence-electron chi connectivity index (χ1n) is 12.3. The summed E-state index contributed by atoms with van der Waals surface area (Å²) in [6, 6.07) is 6.30. The molecular formula is C26H34N6O2. The molecule has 0 radical (unpaired) electrons. The van der Waals surface area contributed by atoms with Crippen LogP contribution in [0.4, 0.5) is 5.69 Å². The van der Waals surface area contributed by atoms with Crippen molar-refractivity contribution in [2.45, 2.75) is 84.5 Å². The number of hydrogen-bond donors (Lipinski definition) is 2. The van der Waals surface area contributed by atoms with Crippen LogP contribution in [-0.4, -0.2) is 32.8 Å². The molecule has 1 aliphatic carbocycles. The van der Waals surface area contributed by atoms with Crippen LogP contribution in [0.15, 0.2) is 35.8 Å². The molecule has 180 valence electrons. The van der Waals surface area contributed by atoms with Crippen molar-refractivity contribution in [1.82, 2.24) is 20.1 Å². The number of rotatable bonds is 8. The molecule has 2 aromatic heterocycles. The van der Waals surface area contributed by atoms with Gasteiger partial charge in [-0.05, 0) is 69.6 Å². The zero-order valence-electron chi connectivity index (χ0n) is 20.5. The largest absolute Gasteiger partial charge is 0.381 e. The number of nitrogens with zero attached hydrogens (tertiary/aromatic N) is 4. The van der Waals surface area contributed by atoms with Gasteiger partial charge in [-0.25, -0.2) is 9.67 Å². The Morgan fingerprint density at radius 2 is 1.91 bits per heavy atom. The number of carbonyl (C=O) groups is 1. The van der Waals surface area contributed by atoms with Crippen LogP contribution in [0.2, 0.25) is 0 Å². The number of carbonyl (C=O) groups excluding carboxylic acids is 1. The van der Waals surface area contributed by atoms with E-state index in [1.54, 1.807) is 12.4 Å². The predicted octanol–water partition coefficient (Wildman–Crippen LogP) is 5.44. The molecule has 1 aliphatic rings. The van der Waals surface area contributed by atoms with E-state index in [9.17, 15) is 9.70 Å². The Morgan fingerprint density at radius 1 is 1.15 bits per heavy atom. The van der Waals surface area contributed by atoms with Crippen molar-refractivity contribution in [1.29, 1.82) is 0 Å². The summed E-state index contributed by atoms with van der Waals surface area (Å²) < 4.78 is 1.83. The van der Waals surface area contributed by atoms with Crippen molar-refractivity contribution in [2.75, 3.05) is 5.32 Å². The third-order valence-electron chi connectivity index (χ3n) is 7.05. The van der Waals surface area contributed by atoms with Gasteiger partial charge in [-0.3, -0.25) is 4.79 Å². The molecule has 3 aromatic rings. The lowest BCUT2D eigenvalue weighted by Gasteiger charge is -2.27. The lowest BCUT2D eigenvalue weighted by Crippen LogP contribution is -2.31. The fourth-order valence-electron chi connectivity index (χ4n) is 4.75. The molecule has 0 aliphatic heterocycles. The molecule has 1 atom stereocenters. The van der Waals surface area contributed by atoms with Gasteiger partial charge in [0.25, 0.3) is 5.91 Å². The maximum Gasteiger partial charge on any atom is 0.255 e. The summed E-state index contributed by atoms with van der Waals surface area (Å²) in [5.74, 6) is -0.158. The van der Waals surface area contributed by atoms with Gasteiger partial charge >= 0.3 is 0 Å². The average Bonchev–Trinajstić information content (AvgIpc) is 3.28. The summed E-state index contributed by atoms with van der Waals surface area (Å²) in [6.45, 7) is 8.97. The highest BCUT2D eigenvalue weighted by atomic mass is 16.3. The first kappa shape index (κ1) is 23.9. The first-order chi connectivity index (χ1) is 16.4.